The second-order valence-electron chi connectivity index (χ2n) is 8.10. The number of fused-ring (bicyclic) bond motifs is 5. The Bertz CT molecular complexity index is 952. The number of hydrogen-bond acceptors (Lipinski definition) is 4. The number of carbonyl (C=O) groups is 3. The van der Waals surface area contributed by atoms with Gasteiger partial charge in [0.05, 0.1) is 23.1 Å². The fourth-order valence-corrected chi connectivity index (χ4v) is 5.24. The van der Waals surface area contributed by atoms with E-state index in [9.17, 15) is 14.4 Å². The van der Waals surface area contributed by atoms with Gasteiger partial charge in [0, 0.05) is 0 Å². The first-order valence-corrected chi connectivity index (χ1v) is 9.80. The molecule has 142 valence electrons. The maximum atomic E-state index is 12.9. The van der Waals surface area contributed by atoms with Crippen LogP contribution in [0.5, 0.6) is 5.75 Å². The molecule has 2 saturated carbocycles. The first kappa shape index (κ1) is 17.2. The lowest BCUT2D eigenvalue weighted by Crippen LogP contribution is -2.32. The van der Waals surface area contributed by atoms with E-state index in [1.165, 1.54) is 4.90 Å². The van der Waals surface area contributed by atoms with Gasteiger partial charge in [0.25, 0.3) is 0 Å². The number of rotatable bonds is 3. The Hall–Kier alpha value is -2.95. The lowest BCUT2D eigenvalue weighted by atomic mass is 9.81. The Labute approximate surface area is 163 Å². The van der Waals surface area contributed by atoms with E-state index in [0.29, 0.717) is 28.8 Å². The Balaban J connectivity index is 1.36. The zero-order valence-corrected chi connectivity index (χ0v) is 15.6. The summed E-state index contributed by atoms with van der Waals surface area (Å²) in [7, 11) is 0. The Kier molecular flexibility index (Phi) is 3.86. The lowest BCUT2D eigenvalue weighted by molar-refractivity contribution is -0.123. The molecule has 0 aromatic heterocycles. The molecule has 5 heteroatoms. The largest absolute Gasteiger partial charge is 0.423 e. The van der Waals surface area contributed by atoms with E-state index >= 15 is 0 Å². The van der Waals surface area contributed by atoms with Crippen molar-refractivity contribution < 1.29 is 19.1 Å². The summed E-state index contributed by atoms with van der Waals surface area (Å²) in [5.41, 5.74) is 1.80. The van der Waals surface area contributed by atoms with Crippen LogP contribution in [-0.2, 0) is 9.59 Å². The number of nitrogens with zero attached hydrogens (tertiary/aromatic N) is 1. The molecule has 0 unspecified atom stereocenters. The summed E-state index contributed by atoms with van der Waals surface area (Å²) >= 11 is 0. The number of benzene rings is 2. The average Bonchev–Trinajstić information content (AvgIpc) is 3.38. The molecule has 2 aromatic carbocycles. The van der Waals surface area contributed by atoms with E-state index in [2.05, 4.69) is 0 Å². The van der Waals surface area contributed by atoms with Crippen LogP contribution >= 0.6 is 0 Å². The zero-order chi connectivity index (χ0) is 19.4. The van der Waals surface area contributed by atoms with Crippen LogP contribution in [0.25, 0.3) is 0 Å². The van der Waals surface area contributed by atoms with Crippen LogP contribution in [0.2, 0.25) is 0 Å². The van der Waals surface area contributed by atoms with Crippen molar-refractivity contribution in [1.82, 2.24) is 0 Å². The van der Waals surface area contributed by atoms with Gasteiger partial charge in [0.15, 0.2) is 0 Å². The molecule has 1 saturated heterocycles. The van der Waals surface area contributed by atoms with Gasteiger partial charge in [-0.2, -0.15) is 0 Å². The van der Waals surface area contributed by atoms with Crippen LogP contribution in [0.15, 0.2) is 48.5 Å². The van der Waals surface area contributed by atoms with Gasteiger partial charge in [-0.3, -0.25) is 14.5 Å². The third kappa shape index (κ3) is 2.49. The summed E-state index contributed by atoms with van der Waals surface area (Å²) in [4.78, 5) is 39.5. The number of para-hydroxylation sites is 1. The molecule has 3 aliphatic rings. The second kappa shape index (κ2) is 6.30. The van der Waals surface area contributed by atoms with Gasteiger partial charge in [-0.1, -0.05) is 18.2 Å². The van der Waals surface area contributed by atoms with Crippen LogP contribution in [0.4, 0.5) is 5.69 Å². The van der Waals surface area contributed by atoms with E-state index in [-0.39, 0.29) is 23.7 Å². The second-order valence-corrected chi connectivity index (χ2v) is 8.10. The molecule has 0 N–H and O–H groups in total. The van der Waals surface area contributed by atoms with Crippen LogP contribution in [0.1, 0.15) is 35.2 Å². The lowest BCUT2D eigenvalue weighted by Gasteiger charge is -2.19. The normalized spacial score (nSPS) is 28.0. The number of hydrogen-bond donors (Lipinski definition) is 0. The Morgan fingerprint density at radius 2 is 1.54 bits per heavy atom. The fraction of sp³-hybridized carbons (Fsp3) is 0.348. The van der Waals surface area contributed by atoms with E-state index in [0.717, 1.165) is 24.8 Å². The molecular weight excluding hydrogens is 354 g/mol. The number of carbonyl (C=O) groups excluding carboxylic acids is 3. The smallest absolute Gasteiger partial charge is 0.343 e. The number of amides is 2. The third-order valence-electron chi connectivity index (χ3n) is 6.58. The van der Waals surface area contributed by atoms with Gasteiger partial charge in [0.1, 0.15) is 5.75 Å². The van der Waals surface area contributed by atoms with E-state index in [4.69, 9.17) is 4.74 Å². The first-order valence-electron chi connectivity index (χ1n) is 9.80. The molecule has 0 spiro atoms. The minimum atomic E-state index is -0.463. The summed E-state index contributed by atoms with van der Waals surface area (Å²) in [5.74, 6) is 0.350. The molecular formula is C23H21NO4. The summed E-state index contributed by atoms with van der Waals surface area (Å²) in [5, 5.41) is 0. The maximum absolute atomic E-state index is 12.9. The summed E-state index contributed by atoms with van der Waals surface area (Å²) in [6.45, 7) is 1.88. The number of imide groups is 1. The highest BCUT2D eigenvalue weighted by molar-refractivity contribution is 6.22. The van der Waals surface area contributed by atoms with Gasteiger partial charge < -0.3 is 4.74 Å². The molecule has 1 aliphatic heterocycles. The fourth-order valence-electron chi connectivity index (χ4n) is 5.24. The van der Waals surface area contributed by atoms with Crippen LogP contribution in [0.3, 0.4) is 0 Å². The summed E-state index contributed by atoms with van der Waals surface area (Å²) in [6, 6.07) is 13.9. The van der Waals surface area contributed by atoms with Crippen LogP contribution in [0, 0.1) is 30.6 Å². The molecule has 28 heavy (non-hydrogen) atoms. The molecule has 2 amide bonds. The monoisotopic (exact) mass is 375 g/mol. The summed E-state index contributed by atoms with van der Waals surface area (Å²) in [6.07, 6.45) is 3.13. The van der Waals surface area contributed by atoms with Gasteiger partial charge >= 0.3 is 5.97 Å². The number of ether oxygens (including phenoxy) is 1. The molecule has 2 aromatic rings. The van der Waals surface area contributed by atoms with Crippen molar-refractivity contribution >= 4 is 23.5 Å². The van der Waals surface area contributed by atoms with Gasteiger partial charge in [-0.15, -0.1) is 0 Å². The van der Waals surface area contributed by atoms with E-state index in [1.54, 1.807) is 30.3 Å². The molecule has 2 aliphatic carbocycles. The van der Waals surface area contributed by atoms with Crippen molar-refractivity contribution in [3.63, 3.8) is 0 Å². The number of esters is 1. The molecule has 3 fully saturated rings. The summed E-state index contributed by atoms with van der Waals surface area (Å²) < 4.78 is 5.45. The Morgan fingerprint density at radius 3 is 2.14 bits per heavy atom. The van der Waals surface area contributed by atoms with Gasteiger partial charge in [0.2, 0.25) is 11.8 Å². The minimum Gasteiger partial charge on any atom is -0.423 e. The van der Waals surface area contributed by atoms with Crippen molar-refractivity contribution in [2.45, 2.75) is 26.2 Å². The quantitative estimate of drug-likeness (QED) is 0.466. The molecule has 5 nitrogen and oxygen atoms in total. The molecule has 2 bridgehead atoms. The van der Waals surface area contributed by atoms with Crippen LogP contribution < -0.4 is 9.64 Å². The van der Waals surface area contributed by atoms with E-state index < -0.39 is 5.97 Å². The highest BCUT2D eigenvalue weighted by Crippen LogP contribution is 2.56. The standard InChI is InChI=1S/C23H21NO4/c1-13-4-2-3-5-18(13)28-23(27)14-8-10-17(11-9-14)24-21(25)19-15-6-7-16(12-15)20(19)22(24)26/h2-5,8-11,15-16,19-20H,6-7,12H2,1H3/t15-,16+,19+,20-. The van der Waals surface area contributed by atoms with Gasteiger partial charge in [-0.25, -0.2) is 4.79 Å². The predicted molar refractivity (Wildman–Crippen MR) is 103 cm³/mol. The van der Waals surface area contributed by atoms with Crippen molar-refractivity contribution in [2.75, 3.05) is 4.90 Å². The molecule has 4 atom stereocenters. The van der Waals surface area contributed by atoms with Crippen LogP contribution in [-0.4, -0.2) is 17.8 Å². The number of anilines is 1. The average molecular weight is 375 g/mol. The zero-order valence-electron chi connectivity index (χ0n) is 15.6. The molecule has 1 heterocycles. The first-order chi connectivity index (χ1) is 13.5. The van der Waals surface area contributed by atoms with Crippen molar-refractivity contribution in [3.05, 3.63) is 59.7 Å². The minimum absolute atomic E-state index is 0.0718. The Morgan fingerprint density at radius 1 is 0.929 bits per heavy atom. The SMILES string of the molecule is Cc1ccccc1OC(=O)c1ccc(N2C(=O)[C@@H]3[C@H]4CC[C@H](C4)[C@@H]3C2=O)cc1. The molecule has 0 radical (unpaired) electrons. The number of aryl methyl sites for hydroxylation is 1. The topological polar surface area (TPSA) is 63.7 Å². The van der Waals surface area contributed by atoms with E-state index in [1.807, 2.05) is 25.1 Å². The van der Waals surface area contributed by atoms with Crippen molar-refractivity contribution in [1.29, 1.82) is 0 Å². The van der Waals surface area contributed by atoms with Crippen molar-refractivity contribution in [2.24, 2.45) is 23.7 Å². The highest BCUT2D eigenvalue weighted by atomic mass is 16.5. The highest BCUT2D eigenvalue weighted by Gasteiger charge is 2.61. The van der Waals surface area contributed by atoms with Crippen molar-refractivity contribution in [3.8, 4) is 5.75 Å². The van der Waals surface area contributed by atoms with Gasteiger partial charge in [-0.05, 0) is 73.9 Å². The predicted octanol–water partition coefficient (Wildman–Crippen LogP) is 3.75. The maximum Gasteiger partial charge on any atom is 0.343 e. The third-order valence-corrected chi connectivity index (χ3v) is 6.58. The molecule has 5 rings (SSSR count).